The first-order valence-corrected chi connectivity index (χ1v) is 8.38. The number of aromatic nitrogens is 4. The summed E-state index contributed by atoms with van der Waals surface area (Å²) < 4.78 is 16.9. The van der Waals surface area contributed by atoms with Crippen molar-refractivity contribution < 1.29 is 24.0 Å². The van der Waals surface area contributed by atoms with E-state index in [-0.39, 0.29) is 24.1 Å². The van der Waals surface area contributed by atoms with E-state index in [0.717, 1.165) is 0 Å². The van der Waals surface area contributed by atoms with Gasteiger partial charge >= 0.3 is 7.82 Å². The number of aliphatic hydroxyl groups is 1. The lowest BCUT2D eigenvalue weighted by Gasteiger charge is -2.14. The maximum absolute atomic E-state index is 11.8. The van der Waals surface area contributed by atoms with Gasteiger partial charge in [0.05, 0.1) is 19.0 Å². The molecule has 0 aromatic carbocycles. The van der Waals surface area contributed by atoms with Gasteiger partial charge < -0.3 is 25.2 Å². The van der Waals surface area contributed by atoms with E-state index in [0.29, 0.717) is 18.5 Å². The van der Waals surface area contributed by atoms with Gasteiger partial charge in [-0.2, -0.15) is 4.98 Å². The lowest BCUT2D eigenvalue weighted by Crippen LogP contribution is -2.18. The highest BCUT2D eigenvalue weighted by Crippen LogP contribution is 2.41. The first-order chi connectivity index (χ1) is 10.7. The molecule has 3 rings (SSSR count). The normalized spacial score (nSPS) is 25.3. The van der Waals surface area contributed by atoms with Gasteiger partial charge in [0.25, 0.3) is 5.56 Å². The summed E-state index contributed by atoms with van der Waals surface area (Å²) in [5, 5.41) is 10.1. The summed E-state index contributed by atoms with van der Waals surface area (Å²) in [6.45, 7) is -0.259. The average Bonchev–Trinajstić information content (AvgIpc) is 2.99. The largest absolute Gasteiger partial charge is 0.469 e. The van der Waals surface area contributed by atoms with Crippen molar-refractivity contribution in [2.75, 3.05) is 12.3 Å². The molecule has 2 heterocycles. The number of anilines is 1. The van der Waals surface area contributed by atoms with Crippen LogP contribution < -0.4 is 11.3 Å². The standard InChI is InChI=1S/C11H16N5O6P/c12-11-14-9-8(10(18)15-11)13-4-16(9)6-1-5(7(17)2-6)3-22-23(19,20)21/h4-7,17H,1-3H2,(H2,19,20,21)(H3,12,14,15,18)/t5-,6-,7+/m1/s1. The fourth-order valence-corrected chi connectivity index (χ4v) is 3.27. The van der Waals surface area contributed by atoms with E-state index in [9.17, 15) is 14.5 Å². The lowest BCUT2D eigenvalue weighted by atomic mass is 10.1. The molecule has 1 fully saturated rings. The molecular formula is C11H16N5O6P. The van der Waals surface area contributed by atoms with Crippen LogP contribution in [-0.4, -0.2) is 47.1 Å². The minimum absolute atomic E-state index is 0.0378. The second kappa shape index (κ2) is 5.69. The van der Waals surface area contributed by atoms with E-state index in [1.807, 2.05) is 0 Å². The number of rotatable bonds is 4. The Morgan fingerprint density at radius 3 is 2.91 bits per heavy atom. The molecular weight excluding hydrogens is 329 g/mol. The number of aliphatic hydroxyl groups excluding tert-OH is 1. The summed E-state index contributed by atoms with van der Waals surface area (Å²) in [5.74, 6) is -0.478. The summed E-state index contributed by atoms with van der Waals surface area (Å²) in [6, 6.07) is -0.228. The van der Waals surface area contributed by atoms with E-state index < -0.39 is 25.4 Å². The van der Waals surface area contributed by atoms with E-state index in [4.69, 9.17) is 15.5 Å². The Morgan fingerprint density at radius 2 is 2.22 bits per heavy atom. The molecule has 1 saturated carbocycles. The molecule has 2 aromatic rings. The van der Waals surface area contributed by atoms with Gasteiger partial charge in [-0.05, 0) is 12.8 Å². The third kappa shape index (κ3) is 3.28. The Bertz CT molecular complexity index is 828. The zero-order valence-corrected chi connectivity index (χ0v) is 12.8. The molecule has 11 nitrogen and oxygen atoms in total. The first kappa shape index (κ1) is 16.1. The van der Waals surface area contributed by atoms with Crippen molar-refractivity contribution in [2.45, 2.75) is 25.0 Å². The fraction of sp³-hybridized carbons (Fsp3) is 0.545. The van der Waals surface area contributed by atoms with Crippen molar-refractivity contribution in [3.05, 3.63) is 16.7 Å². The highest BCUT2D eigenvalue weighted by molar-refractivity contribution is 7.46. The van der Waals surface area contributed by atoms with E-state index in [1.54, 1.807) is 4.57 Å². The number of nitrogens with two attached hydrogens (primary N) is 1. The molecule has 0 radical (unpaired) electrons. The summed E-state index contributed by atoms with van der Waals surface area (Å²) in [7, 11) is -4.58. The maximum atomic E-state index is 11.8. The van der Waals surface area contributed by atoms with Crippen LogP contribution in [-0.2, 0) is 9.09 Å². The number of imidazole rings is 1. The molecule has 23 heavy (non-hydrogen) atoms. The number of hydrogen-bond donors (Lipinski definition) is 5. The molecule has 2 aromatic heterocycles. The van der Waals surface area contributed by atoms with Crippen molar-refractivity contribution in [2.24, 2.45) is 5.92 Å². The number of nitrogens with zero attached hydrogens (tertiary/aromatic N) is 3. The zero-order chi connectivity index (χ0) is 16.8. The minimum atomic E-state index is -4.58. The van der Waals surface area contributed by atoms with Crippen LogP contribution in [0.15, 0.2) is 11.1 Å². The van der Waals surface area contributed by atoms with Gasteiger partial charge in [0.15, 0.2) is 11.2 Å². The number of nitrogens with one attached hydrogen (secondary N) is 1. The number of phosphoric acid groups is 1. The highest BCUT2D eigenvalue weighted by Gasteiger charge is 2.36. The third-order valence-corrected chi connectivity index (χ3v) is 4.42. The van der Waals surface area contributed by atoms with Crippen LogP contribution in [0.3, 0.4) is 0 Å². The Balaban J connectivity index is 1.84. The first-order valence-electron chi connectivity index (χ1n) is 6.85. The SMILES string of the molecule is Nc1nc2c(ncn2[C@@H]2C[C@H](COP(=O)(O)O)[C@@H](O)C2)c(=O)[nH]1. The predicted molar refractivity (Wildman–Crippen MR) is 78.3 cm³/mol. The Labute approximate surface area is 129 Å². The zero-order valence-electron chi connectivity index (χ0n) is 11.9. The van der Waals surface area contributed by atoms with Crippen molar-refractivity contribution in [3.8, 4) is 0 Å². The maximum Gasteiger partial charge on any atom is 0.469 e. The average molecular weight is 345 g/mol. The topological polar surface area (TPSA) is 177 Å². The van der Waals surface area contributed by atoms with Gasteiger partial charge in [0, 0.05) is 12.0 Å². The lowest BCUT2D eigenvalue weighted by molar-refractivity contribution is 0.0844. The van der Waals surface area contributed by atoms with Gasteiger partial charge in [-0.15, -0.1) is 0 Å². The fourth-order valence-electron chi connectivity index (χ4n) is 2.88. The van der Waals surface area contributed by atoms with Gasteiger partial charge in [-0.3, -0.25) is 14.3 Å². The smallest absolute Gasteiger partial charge is 0.393 e. The van der Waals surface area contributed by atoms with Crippen molar-refractivity contribution in [3.63, 3.8) is 0 Å². The van der Waals surface area contributed by atoms with Crippen LogP contribution in [0.25, 0.3) is 11.2 Å². The quantitative estimate of drug-likeness (QED) is 0.440. The molecule has 0 spiro atoms. The molecule has 0 aliphatic heterocycles. The molecule has 1 aliphatic rings. The third-order valence-electron chi connectivity index (χ3n) is 3.93. The Hall–Kier alpha value is -1.78. The van der Waals surface area contributed by atoms with Crippen molar-refractivity contribution in [1.29, 1.82) is 0 Å². The van der Waals surface area contributed by atoms with Crippen LogP contribution in [0, 0.1) is 5.92 Å². The van der Waals surface area contributed by atoms with E-state index >= 15 is 0 Å². The minimum Gasteiger partial charge on any atom is -0.393 e. The second-order valence-corrected chi connectivity index (χ2v) is 6.75. The predicted octanol–water partition coefficient (Wildman–Crippen LogP) is -0.877. The molecule has 126 valence electrons. The summed E-state index contributed by atoms with van der Waals surface area (Å²) in [6.07, 6.45) is 1.38. The summed E-state index contributed by atoms with van der Waals surface area (Å²) >= 11 is 0. The van der Waals surface area contributed by atoms with Gasteiger partial charge in [-0.25, -0.2) is 9.55 Å². The monoisotopic (exact) mass is 345 g/mol. The molecule has 3 atom stereocenters. The molecule has 0 saturated heterocycles. The Morgan fingerprint density at radius 1 is 1.48 bits per heavy atom. The van der Waals surface area contributed by atoms with Crippen LogP contribution in [0.5, 0.6) is 0 Å². The number of aromatic amines is 1. The Kier molecular flexibility index (Phi) is 3.98. The summed E-state index contributed by atoms with van der Waals surface area (Å²) in [5.41, 5.74) is 5.53. The molecule has 0 bridgehead atoms. The van der Waals surface area contributed by atoms with Crippen LogP contribution in [0.4, 0.5) is 5.95 Å². The number of phosphoric ester groups is 1. The highest BCUT2D eigenvalue weighted by atomic mass is 31.2. The van der Waals surface area contributed by atoms with Gasteiger partial charge in [-0.1, -0.05) is 0 Å². The van der Waals surface area contributed by atoms with Crippen molar-refractivity contribution in [1.82, 2.24) is 19.5 Å². The number of H-pyrrole nitrogens is 1. The molecule has 6 N–H and O–H groups in total. The van der Waals surface area contributed by atoms with Crippen LogP contribution >= 0.6 is 7.82 Å². The van der Waals surface area contributed by atoms with Gasteiger partial charge in [0.1, 0.15) is 0 Å². The van der Waals surface area contributed by atoms with E-state index in [1.165, 1.54) is 6.33 Å². The molecule has 0 amide bonds. The second-order valence-electron chi connectivity index (χ2n) is 5.51. The van der Waals surface area contributed by atoms with Crippen molar-refractivity contribution >= 4 is 24.9 Å². The molecule has 12 heteroatoms. The number of nitrogen functional groups attached to an aromatic ring is 1. The van der Waals surface area contributed by atoms with Crippen LogP contribution in [0.1, 0.15) is 18.9 Å². The molecule has 0 unspecified atom stereocenters. The van der Waals surface area contributed by atoms with Crippen LogP contribution in [0.2, 0.25) is 0 Å². The molecule has 1 aliphatic carbocycles. The number of fused-ring (bicyclic) bond motifs is 1. The summed E-state index contributed by atoms with van der Waals surface area (Å²) in [4.78, 5) is 39.7. The van der Waals surface area contributed by atoms with E-state index in [2.05, 4.69) is 19.5 Å². The number of hydrogen-bond acceptors (Lipinski definition) is 7. The van der Waals surface area contributed by atoms with Gasteiger partial charge in [0.2, 0.25) is 5.95 Å².